The Hall–Kier alpha value is -6.23. The van der Waals surface area contributed by atoms with Crippen LogP contribution in [-0.4, -0.2) is 15.0 Å². The van der Waals surface area contributed by atoms with Crippen LogP contribution in [0.3, 0.4) is 0 Å². The van der Waals surface area contributed by atoms with Crippen LogP contribution in [0.1, 0.15) is 8.22 Å². The van der Waals surface area contributed by atoms with Gasteiger partial charge >= 0.3 is 0 Å². The van der Waals surface area contributed by atoms with Gasteiger partial charge in [-0.15, -0.1) is 11.3 Å². The van der Waals surface area contributed by atoms with Gasteiger partial charge in [0.15, 0.2) is 17.5 Å². The lowest BCUT2D eigenvalue weighted by molar-refractivity contribution is 1.07. The summed E-state index contributed by atoms with van der Waals surface area (Å²) < 4.78 is 55.8. The fourth-order valence-electron chi connectivity index (χ4n) is 5.97. The Morgan fingerprint density at radius 2 is 0.837 bits per heavy atom. The van der Waals surface area contributed by atoms with E-state index in [1.54, 1.807) is 0 Å². The SMILES string of the molecule is [2H]c1c([2H])c([2H])c2c(sc3c([2H])c(-c4nc(-c5ccccc5)nc(-c5ccc(-c6ccccc6)cc5)n4)c([2H])c([2H])c32)c1-c1ccc(-c2ccccc2)cc1. The van der Waals surface area contributed by atoms with Crippen molar-refractivity contribution in [3.63, 3.8) is 0 Å². The quantitative estimate of drug-likeness (QED) is 0.180. The van der Waals surface area contributed by atoms with E-state index in [0.29, 0.717) is 37.6 Å². The Labute approximate surface area is 297 Å². The zero-order chi connectivity index (χ0) is 37.8. The van der Waals surface area contributed by atoms with Gasteiger partial charge in [0, 0.05) is 36.9 Å². The van der Waals surface area contributed by atoms with Crippen LogP contribution in [-0.2, 0) is 0 Å². The molecule has 0 aliphatic rings. The molecule has 0 aliphatic carbocycles. The monoisotopic (exact) mass is 649 g/mol. The number of hydrogen-bond donors (Lipinski definition) is 0. The van der Waals surface area contributed by atoms with Gasteiger partial charge in [-0.1, -0.05) is 170 Å². The molecule has 230 valence electrons. The number of aromatic nitrogens is 3. The molecule has 0 unspecified atom stereocenters. The molecule has 3 nitrogen and oxygen atoms in total. The van der Waals surface area contributed by atoms with Gasteiger partial charge in [-0.05, 0) is 39.4 Å². The second-order valence-corrected chi connectivity index (χ2v) is 12.6. The third-order valence-electron chi connectivity index (χ3n) is 8.48. The Kier molecular flexibility index (Phi) is 5.87. The predicted molar refractivity (Wildman–Crippen MR) is 205 cm³/mol. The molecule has 9 aromatic rings. The van der Waals surface area contributed by atoms with Crippen molar-refractivity contribution < 1.29 is 8.22 Å². The minimum absolute atomic E-state index is 0.0596. The fraction of sp³-hybridized carbons (Fsp3) is 0. The van der Waals surface area contributed by atoms with Gasteiger partial charge in [-0.3, -0.25) is 0 Å². The van der Waals surface area contributed by atoms with Crippen molar-refractivity contribution >= 4 is 31.5 Å². The average molecular weight is 650 g/mol. The first-order chi connectivity index (χ1) is 26.8. The zero-order valence-corrected chi connectivity index (χ0v) is 26.8. The molecule has 0 bridgehead atoms. The molecule has 0 fully saturated rings. The van der Waals surface area contributed by atoms with E-state index < -0.39 is 0 Å². The van der Waals surface area contributed by atoms with Crippen LogP contribution >= 0.6 is 11.3 Å². The van der Waals surface area contributed by atoms with E-state index in [9.17, 15) is 4.11 Å². The summed E-state index contributed by atoms with van der Waals surface area (Å²) in [7, 11) is 0. The first-order valence-electron chi connectivity index (χ1n) is 18.9. The van der Waals surface area contributed by atoms with Gasteiger partial charge in [0.25, 0.3) is 0 Å². The number of nitrogens with zero attached hydrogens (tertiary/aromatic N) is 3. The molecule has 49 heavy (non-hydrogen) atoms. The number of hydrogen-bond acceptors (Lipinski definition) is 4. The van der Waals surface area contributed by atoms with E-state index in [0.717, 1.165) is 33.4 Å². The van der Waals surface area contributed by atoms with E-state index in [1.165, 1.54) is 11.3 Å². The molecule has 0 saturated heterocycles. The van der Waals surface area contributed by atoms with Crippen LogP contribution < -0.4 is 0 Å². The second kappa shape index (κ2) is 12.4. The molecule has 0 radical (unpaired) electrons. The summed E-state index contributed by atoms with van der Waals surface area (Å²) in [6.45, 7) is 0. The normalized spacial score (nSPS) is 13.0. The molecular formula is C45H29N3S. The molecule has 2 aromatic heterocycles. The van der Waals surface area contributed by atoms with Gasteiger partial charge in [-0.25, -0.2) is 15.0 Å². The van der Waals surface area contributed by atoms with Gasteiger partial charge in [0.1, 0.15) is 0 Å². The molecular weight excluding hydrogens is 615 g/mol. The summed E-state index contributed by atoms with van der Waals surface area (Å²) in [5.74, 6) is 0.809. The molecule has 0 spiro atoms. The highest BCUT2D eigenvalue weighted by atomic mass is 32.1. The largest absolute Gasteiger partial charge is 0.208 e. The molecule has 0 N–H and O–H groups in total. The lowest BCUT2D eigenvalue weighted by Crippen LogP contribution is -2.00. The van der Waals surface area contributed by atoms with Gasteiger partial charge in [-0.2, -0.15) is 0 Å². The number of rotatable bonds is 6. The van der Waals surface area contributed by atoms with Crippen LogP contribution in [0.2, 0.25) is 0 Å². The maximum atomic E-state index is 9.55. The molecule has 4 heteroatoms. The highest BCUT2D eigenvalue weighted by molar-refractivity contribution is 7.26. The van der Waals surface area contributed by atoms with Crippen LogP contribution in [0.4, 0.5) is 0 Å². The first-order valence-corrected chi connectivity index (χ1v) is 16.7. The van der Waals surface area contributed by atoms with Crippen LogP contribution in [0, 0.1) is 0 Å². The Balaban J connectivity index is 1.24. The smallest absolute Gasteiger partial charge is 0.164 e. The molecule has 7 aromatic carbocycles. The van der Waals surface area contributed by atoms with E-state index >= 15 is 0 Å². The van der Waals surface area contributed by atoms with E-state index in [-0.39, 0.29) is 53.0 Å². The van der Waals surface area contributed by atoms with E-state index in [4.69, 9.17) is 19.1 Å². The molecule has 0 atom stereocenters. The minimum Gasteiger partial charge on any atom is -0.208 e. The number of thiophene rings is 1. The Bertz CT molecular complexity index is 2900. The molecule has 0 aliphatic heterocycles. The van der Waals surface area contributed by atoms with Crippen molar-refractivity contribution in [2.24, 2.45) is 0 Å². The lowest BCUT2D eigenvalue weighted by atomic mass is 9.99. The van der Waals surface area contributed by atoms with Crippen molar-refractivity contribution in [1.82, 2.24) is 15.0 Å². The summed E-state index contributed by atoms with van der Waals surface area (Å²) in [5, 5.41) is 0.537. The number of fused-ring (bicyclic) bond motifs is 3. The molecule has 9 rings (SSSR count). The van der Waals surface area contributed by atoms with Gasteiger partial charge in [0.05, 0.1) is 8.22 Å². The highest BCUT2D eigenvalue weighted by Gasteiger charge is 2.16. The predicted octanol–water partition coefficient (Wildman–Crippen LogP) is 12.2. The summed E-state index contributed by atoms with van der Waals surface area (Å²) in [6, 6.07) is 43.9. The zero-order valence-electron chi connectivity index (χ0n) is 32.0. The summed E-state index contributed by atoms with van der Waals surface area (Å²) >= 11 is 1.19. The molecule has 0 saturated carbocycles. The maximum absolute atomic E-state index is 9.55. The fourth-order valence-corrected chi connectivity index (χ4v) is 7.11. The standard InChI is InChI=1S/C45H29N3S/c1-4-11-30(12-5-1)32-19-23-34(24-20-32)38-17-10-18-40-39-28-27-37(29-41(39)49-42(38)40)45-47-43(35-15-8-3-9-16-35)46-44(48-45)36-25-21-33(22-26-36)31-13-6-2-7-14-31/h1-29H/i10D,17D,18D,27D,28D,29D. The summed E-state index contributed by atoms with van der Waals surface area (Å²) in [4.78, 5) is 14.5. The van der Waals surface area contributed by atoms with E-state index in [1.807, 2.05) is 140 Å². The second-order valence-electron chi connectivity index (χ2n) is 11.6. The maximum Gasteiger partial charge on any atom is 0.164 e. The van der Waals surface area contributed by atoms with Crippen molar-refractivity contribution in [1.29, 1.82) is 0 Å². The first kappa shape index (κ1) is 23.2. The summed E-state index contributed by atoms with van der Waals surface area (Å²) in [5.41, 5.74) is 6.82. The van der Waals surface area contributed by atoms with Crippen LogP contribution in [0.15, 0.2) is 176 Å². The third-order valence-corrected chi connectivity index (χ3v) is 9.61. The third kappa shape index (κ3) is 5.58. The van der Waals surface area contributed by atoms with Gasteiger partial charge in [0.2, 0.25) is 0 Å². The molecule has 0 amide bonds. The Morgan fingerprint density at radius 3 is 1.41 bits per heavy atom. The Morgan fingerprint density at radius 1 is 0.388 bits per heavy atom. The van der Waals surface area contributed by atoms with Crippen molar-refractivity contribution in [3.8, 4) is 67.5 Å². The van der Waals surface area contributed by atoms with Crippen LogP contribution in [0.25, 0.3) is 87.7 Å². The van der Waals surface area contributed by atoms with Crippen molar-refractivity contribution in [2.45, 2.75) is 0 Å². The lowest BCUT2D eigenvalue weighted by Gasteiger charge is -2.09. The highest BCUT2D eigenvalue weighted by Crippen LogP contribution is 2.41. The van der Waals surface area contributed by atoms with Crippen molar-refractivity contribution in [3.05, 3.63) is 176 Å². The van der Waals surface area contributed by atoms with Crippen molar-refractivity contribution in [2.75, 3.05) is 0 Å². The minimum atomic E-state index is -0.274. The summed E-state index contributed by atoms with van der Waals surface area (Å²) in [6.07, 6.45) is 0. The molecule has 2 heterocycles. The number of benzene rings is 7. The average Bonchev–Trinajstić information content (AvgIpc) is 3.64. The topological polar surface area (TPSA) is 38.7 Å². The van der Waals surface area contributed by atoms with Gasteiger partial charge < -0.3 is 0 Å². The van der Waals surface area contributed by atoms with Crippen LogP contribution in [0.5, 0.6) is 0 Å². The van der Waals surface area contributed by atoms with E-state index in [2.05, 4.69) is 0 Å².